The highest BCUT2D eigenvalue weighted by molar-refractivity contribution is 8.00. The van der Waals surface area contributed by atoms with E-state index in [4.69, 9.17) is 9.97 Å². The Labute approximate surface area is 131 Å². The fourth-order valence-electron chi connectivity index (χ4n) is 2.48. The summed E-state index contributed by atoms with van der Waals surface area (Å²) in [6, 6.07) is 0. The van der Waals surface area contributed by atoms with E-state index >= 15 is 0 Å². The van der Waals surface area contributed by atoms with E-state index in [0.717, 1.165) is 42.5 Å². The van der Waals surface area contributed by atoms with Crippen molar-refractivity contribution in [3.05, 3.63) is 11.4 Å². The molecule has 0 aromatic carbocycles. The molecule has 0 aliphatic heterocycles. The highest BCUT2D eigenvalue weighted by atomic mass is 32.2. The standard InChI is InChI=1S/C16H26N4S/c1-4-9-17-13-11(2)14(18-10-16(21-3)7-8-16)20-15(19-13)12-5-6-12/h12H,4-10H2,1-3H3,(H2,17,18,19,20). The minimum atomic E-state index is 0.453. The average molecular weight is 306 g/mol. The smallest absolute Gasteiger partial charge is 0.136 e. The molecule has 3 rings (SSSR count). The van der Waals surface area contributed by atoms with Crippen LogP contribution in [0.5, 0.6) is 0 Å². The average Bonchev–Trinajstić information content (AvgIpc) is 3.39. The van der Waals surface area contributed by atoms with Crippen molar-refractivity contribution < 1.29 is 0 Å². The summed E-state index contributed by atoms with van der Waals surface area (Å²) >= 11 is 1.98. The highest BCUT2D eigenvalue weighted by Gasteiger charge is 2.41. The first-order chi connectivity index (χ1) is 10.2. The zero-order valence-electron chi connectivity index (χ0n) is 13.3. The van der Waals surface area contributed by atoms with E-state index < -0.39 is 0 Å². The van der Waals surface area contributed by atoms with Gasteiger partial charge < -0.3 is 10.6 Å². The van der Waals surface area contributed by atoms with Crippen LogP contribution in [0, 0.1) is 6.92 Å². The molecule has 4 nitrogen and oxygen atoms in total. The van der Waals surface area contributed by atoms with Gasteiger partial charge in [-0.1, -0.05) is 6.92 Å². The summed E-state index contributed by atoms with van der Waals surface area (Å²) in [5.41, 5.74) is 1.16. The first-order valence-electron chi connectivity index (χ1n) is 8.09. The minimum Gasteiger partial charge on any atom is -0.370 e. The van der Waals surface area contributed by atoms with Gasteiger partial charge in [0.25, 0.3) is 0 Å². The van der Waals surface area contributed by atoms with Gasteiger partial charge in [0.2, 0.25) is 0 Å². The lowest BCUT2D eigenvalue weighted by molar-refractivity contribution is 0.882. The molecule has 0 radical (unpaired) electrons. The molecule has 1 aromatic heterocycles. The molecule has 2 saturated carbocycles. The molecule has 2 aliphatic rings. The third kappa shape index (κ3) is 3.44. The molecule has 0 spiro atoms. The molecular formula is C16H26N4S. The van der Waals surface area contributed by atoms with Gasteiger partial charge in [-0.2, -0.15) is 11.8 Å². The number of hydrogen-bond acceptors (Lipinski definition) is 5. The Bertz CT molecular complexity index is 509. The molecule has 21 heavy (non-hydrogen) atoms. The molecular weight excluding hydrogens is 280 g/mol. The largest absolute Gasteiger partial charge is 0.370 e. The van der Waals surface area contributed by atoms with Crippen LogP contribution in [0.4, 0.5) is 11.6 Å². The van der Waals surface area contributed by atoms with Gasteiger partial charge in [-0.25, -0.2) is 9.97 Å². The van der Waals surface area contributed by atoms with Crippen molar-refractivity contribution in [3.8, 4) is 0 Å². The molecule has 0 bridgehead atoms. The van der Waals surface area contributed by atoms with Crippen molar-refractivity contribution >= 4 is 23.4 Å². The number of rotatable bonds is 8. The maximum absolute atomic E-state index is 4.80. The number of thioether (sulfide) groups is 1. The molecule has 1 heterocycles. The molecule has 0 saturated heterocycles. The van der Waals surface area contributed by atoms with Crippen molar-refractivity contribution in [2.75, 3.05) is 30.0 Å². The zero-order valence-corrected chi connectivity index (χ0v) is 14.1. The quantitative estimate of drug-likeness (QED) is 0.765. The van der Waals surface area contributed by atoms with E-state index in [9.17, 15) is 0 Å². The summed E-state index contributed by atoms with van der Waals surface area (Å²) < 4.78 is 0.453. The summed E-state index contributed by atoms with van der Waals surface area (Å²) in [7, 11) is 0. The van der Waals surface area contributed by atoms with Gasteiger partial charge in [0, 0.05) is 29.3 Å². The van der Waals surface area contributed by atoms with Gasteiger partial charge in [-0.05, 0) is 45.3 Å². The number of anilines is 2. The normalized spacial score (nSPS) is 19.4. The lowest BCUT2D eigenvalue weighted by atomic mass is 10.2. The van der Waals surface area contributed by atoms with Crippen LogP contribution in [0.25, 0.3) is 0 Å². The number of nitrogens with one attached hydrogen (secondary N) is 2. The van der Waals surface area contributed by atoms with Crippen LogP contribution in [0.2, 0.25) is 0 Å². The van der Waals surface area contributed by atoms with E-state index in [1.54, 1.807) is 0 Å². The van der Waals surface area contributed by atoms with Crippen LogP contribution in [0.3, 0.4) is 0 Å². The molecule has 2 fully saturated rings. The van der Waals surface area contributed by atoms with E-state index in [1.165, 1.54) is 25.7 Å². The van der Waals surface area contributed by atoms with E-state index in [1.807, 2.05) is 11.8 Å². The third-order valence-corrected chi connectivity index (χ3v) is 5.89. The van der Waals surface area contributed by atoms with Crippen LogP contribution in [-0.2, 0) is 0 Å². The number of aromatic nitrogens is 2. The lowest BCUT2D eigenvalue weighted by Crippen LogP contribution is -2.20. The second kappa shape index (κ2) is 6.03. The van der Waals surface area contributed by atoms with Crippen LogP contribution < -0.4 is 10.6 Å². The monoisotopic (exact) mass is 306 g/mol. The molecule has 2 N–H and O–H groups in total. The van der Waals surface area contributed by atoms with E-state index in [2.05, 4.69) is 30.7 Å². The summed E-state index contributed by atoms with van der Waals surface area (Å²) in [6.45, 7) is 6.29. The lowest BCUT2D eigenvalue weighted by Gasteiger charge is -2.18. The Balaban J connectivity index is 1.78. The SMILES string of the molecule is CCCNc1nc(C2CC2)nc(NCC2(SC)CC2)c1C. The topological polar surface area (TPSA) is 49.8 Å². The van der Waals surface area contributed by atoms with Crippen LogP contribution in [0.1, 0.15) is 56.3 Å². The van der Waals surface area contributed by atoms with E-state index in [-0.39, 0.29) is 0 Å². The zero-order chi connectivity index (χ0) is 14.9. The van der Waals surface area contributed by atoms with Gasteiger partial charge in [-0.3, -0.25) is 0 Å². The summed E-state index contributed by atoms with van der Waals surface area (Å²) in [6.07, 6.45) is 8.45. The molecule has 2 aliphatic carbocycles. The van der Waals surface area contributed by atoms with Crippen LogP contribution >= 0.6 is 11.8 Å². The van der Waals surface area contributed by atoms with Gasteiger partial charge in [0.15, 0.2) is 0 Å². The van der Waals surface area contributed by atoms with Crippen molar-refractivity contribution in [3.63, 3.8) is 0 Å². The Hall–Kier alpha value is -0.970. The maximum atomic E-state index is 4.80. The Morgan fingerprint density at radius 2 is 1.86 bits per heavy atom. The number of nitrogens with zero attached hydrogens (tertiary/aromatic N) is 2. The van der Waals surface area contributed by atoms with Crippen LogP contribution in [-0.4, -0.2) is 34.1 Å². The van der Waals surface area contributed by atoms with Crippen molar-refractivity contribution in [2.45, 2.75) is 56.6 Å². The van der Waals surface area contributed by atoms with Gasteiger partial charge >= 0.3 is 0 Å². The second-order valence-corrected chi connectivity index (χ2v) is 7.62. The van der Waals surface area contributed by atoms with Crippen LogP contribution in [0.15, 0.2) is 0 Å². The Morgan fingerprint density at radius 1 is 1.19 bits per heavy atom. The van der Waals surface area contributed by atoms with Gasteiger partial charge in [0.05, 0.1) is 0 Å². The highest BCUT2D eigenvalue weighted by Crippen LogP contribution is 2.47. The molecule has 0 amide bonds. The van der Waals surface area contributed by atoms with Crippen molar-refractivity contribution in [1.29, 1.82) is 0 Å². The summed E-state index contributed by atoms with van der Waals surface area (Å²) in [5.74, 6) is 3.66. The molecule has 0 unspecified atom stereocenters. The second-order valence-electron chi connectivity index (χ2n) is 6.35. The number of hydrogen-bond donors (Lipinski definition) is 2. The summed E-state index contributed by atoms with van der Waals surface area (Å²) in [5, 5.41) is 7.05. The third-order valence-electron chi connectivity index (χ3n) is 4.47. The molecule has 5 heteroatoms. The first-order valence-corrected chi connectivity index (χ1v) is 9.31. The summed E-state index contributed by atoms with van der Waals surface area (Å²) in [4.78, 5) is 9.54. The van der Waals surface area contributed by atoms with Crippen molar-refractivity contribution in [2.24, 2.45) is 0 Å². The fraction of sp³-hybridized carbons (Fsp3) is 0.750. The minimum absolute atomic E-state index is 0.453. The van der Waals surface area contributed by atoms with Crippen molar-refractivity contribution in [1.82, 2.24) is 9.97 Å². The Morgan fingerprint density at radius 3 is 2.38 bits per heavy atom. The Kier molecular flexibility index (Phi) is 4.29. The maximum Gasteiger partial charge on any atom is 0.136 e. The molecule has 116 valence electrons. The van der Waals surface area contributed by atoms with Gasteiger partial charge in [0.1, 0.15) is 17.5 Å². The van der Waals surface area contributed by atoms with Gasteiger partial charge in [-0.15, -0.1) is 0 Å². The predicted octanol–water partition coefficient (Wildman–Crippen LogP) is 3.79. The first kappa shape index (κ1) is 14.9. The fourth-order valence-corrected chi connectivity index (χ4v) is 3.21. The molecule has 1 aromatic rings. The predicted molar refractivity (Wildman–Crippen MR) is 91.5 cm³/mol. The molecule has 0 atom stereocenters. The van der Waals surface area contributed by atoms with E-state index in [0.29, 0.717) is 10.7 Å².